The zero-order valence-electron chi connectivity index (χ0n) is 8.35. The largest absolute Gasteiger partial charge is 0.497 e. The van der Waals surface area contributed by atoms with Crippen molar-refractivity contribution in [1.82, 2.24) is 9.78 Å². The van der Waals surface area contributed by atoms with Crippen LogP contribution in [0.15, 0.2) is 36.7 Å². The summed E-state index contributed by atoms with van der Waals surface area (Å²) >= 11 is 6.10. The molecule has 1 heterocycles. The van der Waals surface area contributed by atoms with Gasteiger partial charge in [-0.3, -0.25) is 4.68 Å². The van der Waals surface area contributed by atoms with Gasteiger partial charge < -0.3 is 4.74 Å². The molecule has 4 heteroatoms. The highest BCUT2D eigenvalue weighted by Crippen LogP contribution is 2.22. The molecule has 0 N–H and O–H groups in total. The first-order valence-electron chi connectivity index (χ1n) is 4.59. The van der Waals surface area contributed by atoms with Gasteiger partial charge in [-0.15, -0.1) is 0 Å². The van der Waals surface area contributed by atoms with Crippen molar-refractivity contribution in [2.75, 3.05) is 7.11 Å². The minimum atomic E-state index is 0.676. The molecule has 0 unspecified atom stereocenters. The standard InChI is InChI=1S/C11H11ClN2O/c1-15-10-4-3-9(11(12)7-10)8-14-6-2-5-13-14/h2-7H,8H2,1H3. The third-order valence-electron chi connectivity index (χ3n) is 2.15. The predicted molar refractivity (Wildman–Crippen MR) is 59.3 cm³/mol. The molecule has 1 aromatic heterocycles. The van der Waals surface area contributed by atoms with Gasteiger partial charge in [0.1, 0.15) is 5.75 Å². The average molecular weight is 223 g/mol. The summed E-state index contributed by atoms with van der Waals surface area (Å²) < 4.78 is 6.91. The molecule has 3 nitrogen and oxygen atoms in total. The molecule has 0 radical (unpaired) electrons. The molecular weight excluding hydrogens is 212 g/mol. The van der Waals surface area contributed by atoms with E-state index in [2.05, 4.69) is 5.10 Å². The number of aromatic nitrogens is 2. The molecule has 0 aliphatic rings. The van der Waals surface area contributed by atoms with Crippen LogP contribution in [0.3, 0.4) is 0 Å². The minimum Gasteiger partial charge on any atom is -0.497 e. The zero-order chi connectivity index (χ0) is 10.7. The number of nitrogens with zero attached hydrogens (tertiary/aromatic N) is 2. The Morgan fingerprint density at radius 2 is 2.33 bits per heavy atom. The Labute approximate surface area is 93.2 Å². The SMILES string of the molecule is COc1ccc(Cn2cccn2)c(Cl)c1. The Kier molecular flexibility index (Phi) is 2.92. The lowest BCUT2D eigenvalue weighted by Crippen LogP contribution is -2.00. The maximum atomic E-state index is 6.10. The van der Waals surface area contributed by atoms with Crippen molar-refractivity contribution in [3.8, 4) is 5.75 Å². The number of hydrogen-bond acceptors (Lipinski definition) is 2. The van der Waals surface area contributed by atoms with Crippen molar-refractivity contribution < 1.29 is 4.74 Å². The lowest BCUT2D eigenvalue weighted by atomic mass is 10.2. The molecule has 0 saturated heterocycles. The van der Waals surface area contributed by atoms with Crippen LogP contribution in [0.2, 0.25) is 5.02 Å². The summed E-state index contributed by atoms with van der Waals surface area (Å²) in [7, 11) is 1.62. The predicted octanol–water partition coefficient (Wildman–Crippen LogP) is 2.59. The van der Waals surface area contributed by atoms with Gasteiger partial charge in [-0.2, -0.15) is 5.10 Å². The first-order valence-corrected chi connectivity index (χ1v) is 4.97. The summed E-state index contributed by atoms with van der Waals surface area (Å²) in [6.45, 7) is 0.676. The molecule has 0 atom stereocenters. The first kappa shape index (κ1) is 10.1. The van der Waals surface area contributed by atoms with Crippen molar-refractivity contribution in [3.63, 3.8) is 0 Å². The van der Waals surface area contributed by atoms with Crippen LogP contribution in [0, 0.1) is 0 Å². The molecule has 0 spiro atoms. The van der Waals surface area contributed by atoms with Crippen LogP contribution in [0.1, 0.15) is 5.56 Å². The molecule has 0 bridgehead atoms. The van der Waals surface area contributed by atoms with Crippen LogP contribution in [-0.4, -0.2) is 16.9 Å². The van der Waals surface area contributed by atoms with E-state index in [1.54, 1.807) is 19.4 Å². The van der Waals surface area contributed by atoms with Crippen LogP contribution >= 0.6 is 11.6 Å². The molecule has 0 amide bonds. The van der Waals surface area contributed by atoms with E-state index in [0.717, 1.165) is 11.3 Å². The number of ether oxygens (including phenoxy) is 1. The van der Waals surface area contributed by atoms with E-state index in [1.807, 2.05) is 29.1 Å². The highest BCUT2D eigenvalue weighted by Gasteiger charge is 2.02. The molecule has 2 aromatic rings. The Balaban J connectivity index is 2.22. The summed E-state index contributed by atoms with van der Waals surface area (Å²) in [5.41, 5.74) is 1.03. The highest BCUT2D eigenvalue weighted by atomic mass is 35.5. The molecule has 0 fully saturated rings. The second kappa shape index (κ2) is 4.36. The normalized spacial score (nSPS) is 10.3. The second-order valence-electron chi connectivity index (χ2n) is 3.16. The minimum absolute atomic E-state index is 0.676. The maximum Gasteiger partial charge on any atom is 0.120 e. The van der Waals surface area contributed by atoms with Crippen LogP contribution in [-0.2, 0) is 6.54 Å². The molecule has 2 rings (SSSR count). The number of hydrogen-bond donors (Lipinski definition) is 0. The summed E-state index contributed by atoms with van der Waals surface area (Å²) in [4.78, 5) is 0. The number of halogens is 1. The maximum absolute atomic E-state index is 6.10. The summed E-state index contributed by atoms with van der Waals surface area (Å²) in [6.07, 6.45) is 3.65. The Bertz CT molecular complexity index is 440. The van der Waals surface area contributed by atoms with Gasteiger partial charge >= 0.3 is 0 Å². The van der Waals surface area contributed by atoms with Gasteiger partial charge in [-0.1, -0.05) is 17.7 Å². The Morgan fingerprint density at radius 1 is 1.47 bits per heavy atom. The van der Waals surface area contributed by atoms with E-state index in [1.165, 1.54) is 0 Å². The zero-order valence-corrected chi connectivity index (χ0v) is 9.11. The summed E-state index contributed by atoms with van der Waals surface area (Å²) in [6, 6.07) is 7.53. The fraction of sp³-hybridized carbons (Fsp3) is 0.182. The first-order chi connectivity index (χ1) is 7.29. The number of rotatable bonds is 3. The van der Waals surface area contributed by atoms with Crippen molar-refractivity contribution >= 4 is 11.6 Å². The van der Waals surface area contributed by atoms with Crippen molar-refractivity contribution in [1.29, 1.82) is 0 Å². The van der Waals surface area contributed by atoms with Crippen LogP contribution in [0.4, 0.5) is 0 Å². The molecule has 0 saturated carbocycles. The molecule has 0 aliphatic carbocycles. The monoisotopic (exact) mass is 222 g/mol. The van der Waals surface area contributed by atoms with Crippen LogP contribution in [0.5, 0.6) is 5.75 Å². The van der Waals surface area contributed by atoms with Crippen molar-refractivity contribution in [2.24, 2.45) is 0 Å². The highest BCUT2D eigenvalue weighted by molar-refractivity contribution is 6.31. The van der Waals surface area contributed by atoms with E-state index in [9.17, 15) is 0 Å². The van der Waals surface area contributed by atoms with Gasteiger partial charge in [0.25, 0.3) is 0 Å². The van der Waals surface area contributed by atoms with Crippen LogP contribution < -0.4 is 4.74 Å². The summed E-state index contributed by atoms with van der Waals surface area (Å²) in [5.74, 6) is 0.768. The average Bonchev–Trinajstić information content (AvgIpc) is 2.74. The van der Waals surface area contributed by atoms with Gasteiger partial charge in [0, 0.05) is 17.4 Å². The Morgan fingerprint density at radius 3 is 2.93 bits per heavy atom. The van der Waals surface area contributed by atoms with Gasteiger partial charge in [0.15, 0.2) is 0 Å². The quantitative estimate of drug-likeness (QED) is 0.798. The van der Waals surface area contributed by atoms with E-state index < -0.39 is 0 Å². The van der Waals surface area contributed by atoms with E-state index in [4.69, 9.17) is 16.3 Å². The van der Waals surface area contributed by atoms with Gasteiger partial charge in [-0.25, -0.2) is 0 Å². The molecule has 1 aromatic carbocycles. The lowest BCUT2D eigenvalue weighted by molar-refractivity contribution is 0.414. The number of benzene rings is 1. The van der Waals surface area contributed by atoms with Gasteiger partial charge in [-0.05, 0) is 23.8 Å². The third-order valence-corrected chi connectivity index (χ3v) is 2.50. The van der Waals surface area contributed by atoms with Crippen molar-refractivity contribution in [2.45, 2.75) is 6.54 Å². The van der Waals surface area contributed by atoms with Crippen LogP contribution in [0.25, 0.3) is 0 Å². The lowest BCUT2D eigenvalue weighted by Gasteiger charge is -2.06. The topological polar surface area (TPSA) is 27.1 Å². The molecule has 78 valence electrons. The van der Waals surface area contributed by atoms with Gasteiger partial charge in [0.2, 0.25) is 0 Å². The van der Waals surface area contributed by atoms with E-state index in [0.29, 0.717) is 11.6 Å². The molecule has 0 aliphatic heterocycles. The van der Waals surface area contributed by atoms with Crippen molar-refractivity contribution in [3.05, 3.63) is 47.2 Å². The Hall–Kier alpha value is -1.48. The van der Waals surface area contributed by atoms with E-state index in [-0.39, 0.29) is 0 Å². The summed E-state index contributed by atoms with van der Waals surface area (Å²) in [5, 5.41) is 4.82. The smallest absolute Gasteiger partial charge is 0.120 e. The van der Waals surface area contributed by atoms with Gasteiger partial charge in [0.05, 0.1) is 13.7 Å². The third kappa shape index (κ3) is 2.30. The fourth-order valence-corrected chi connectivity index (χ4v) is 1.58. The molecule has 15 heavy (non-hydrogen) atoms. The fourth-order valence-electron chi connectivity index (χ4n) is 1.35. The second-order valence-corrected chi connectivity index (χ2v) is 3.57. The molecular formula is C11H11ClN2O. The van der Waals surface area contributed by atoms with E-state index >= 15 is 0 Å². The number of methoxy groups -OCH3 is 1.